The van der Waals surface area contributed by atoms with Crippen LogP contribution in [0.25, 0.3) is 0 Å². The number of ketones is 1. The number of hydrogen-bond acceptors (Lipinski definition) is 4. The molecule has 1 N–H and O–H groups in total. The molecule has 2 aromatic rings. The first-order valence-corrected chi connectivity index (χ1v) is 10.3. The Bertz CT molecular complexity index is 868. The molecule has 1 aliphatic rings. The van der Waals surface area contributed by atoms with Gasteiger partial charge in [0.15, 0.2) is 5.78 Å². The SMILES string of the molecule is CCC(C)(C)[C@H]1CCC(=O)/C(=C/Nc2ccc(Oc3cccc(OC)c3)cc2)C1. The fraction of sp³-hybridized carbons (Fsp3) is 0.400. The molecule has 0 saturated heterocycles. The number of Topliss-reactive ketones (excluding diaryl/α,β-unsaturated/α-hetero) is 1. The monoisotopic (exact) mass is 393 g/mol. The predicted molar refractivity (Wildman–Crippen MR) is 118 cm³/mol. The van der Waals surface area contributed by atoms with Gasteiger partial charge in [0, 0.05) is 29.9 Å². The average Bonchev–Trinajstić information content (AvgIpc) is 2.74. The Hall–Kier alpha value is -2.75. The summed E-state index contributed by atoms with van der Waals surface area (Å²) in [5.74, 6) is 3.05. The van der Waals surface area contributed by atoms with Crippen molar-refractivity contribution in [2.75, 3.05) is 12.4 Å². The summed E-state index contributed by atoms with van der Waals surface area (Å²) in [6.07, 6.45) is 5.51. The van der Waals surface area contributed by atoms with Gasteiger partial charge in [-0.15, -0.1) is 0 Å². The third kappa shape index (κ3) is 5.41. The van der Waals surface area contributed by atoms with Crippen LogP contribution in [-0.4, -0.2) is 12.9 Å². The van der Waals surface area contributed by atoms with Crippen LogP contribution < -0.4 is 14.8 Å². The number of rotatable bonds is 7. The second-order valence-corrected chi connectivity index (χ2v) is 8.32. The van der Waals surface area contributed by atoms with E-state index in [0.717, 1.165) is 47.8 Å². The topological polar surface area (TPSA) is 47.6 Å². The summed E-state index contributed by atoms with van der Waals surface area (Å²) in [4.78, 5) is 12.3. The maximum atomic E-state index is 12.3. The lowest BCUT2D eigenvalue weighted by Gasteiger charge is -2.36. The highest BCUT2D eigenvalue weighted by Crippen LogP contribution is 2.41. The number of carbonyl (C=O) groups excluding carboxylic acids is 1. The molecule has 0 heterocycles. The van der Waals surface area contributed by atoms with Crippen LogP contribution >= 0.6 is 0 Å². The van der Waals surface area contributed by atoms with Gasteiger partial charge < -0.3 is 14.8 Å². The van der Waals surface area contributed by atoms with Gasteiger partial charge in [0.2, 0.25) is 0 Å². The third-order valence-corrected chi connectivity index (χ3v) is 6.11. The highest BCUT2D eigenvalue weighted by atomic mass is 16.5. The molecule has 3 rings (SSSR count). The summed E-state index contributed by atoms with van der Waals surface area (Å²) in [5, 5.41) is 3.29. The van der Waals surface area contributed by atoms with E-state index in [1.165, 1.54) is 0 Å². The summed E-state index contributed by atoms with van der Waals surface area (Å²) in [6, 6.07) is 15.2. The van der Waals surface area contributed by atoms with Crippen molar-refractivity contribution >= 4 is 11.5 Å². The standard InChI is InChI=1S/C25H31NO3/c1-5-25(2,3)19-9-14-24(27)18(15-19)17-26-20-10-12-21(13-11-20)29-23-8-6-7-22(16-23)28-4/h6-8,10-13,16-17,19,26H,5,9,14-15H2,1-4H3/b18-17+/t19-/m0/s1. The predicted octanol–water partition coefficient (Wildman–Crippen LogP) is 6.59. The van der Waals surface area contributed by atoms with Gasteiger partial charge >= 0.3 is 0 Å². The molecular weight excluding hydrogens is 362 g/mol. The Morgan fingerprint density at radius 2 is 1.83 bits per heavy atom. The number of benzene rings is 2. The van der Waals surface area contributed by atoms with Crippen LogP contribution in [0.2, 0.25) is 0 Å². The van der Waals surface area contributed by atoms with Crippen LogP contribution in [-0.2, 0) is 4.79 Å². The van der Waals surface area contributed by atoms with Crippen molar-refractivity contribution in [1.29, 1.82) is 0 Å². The number of carbonyl (C=O) groups is 1. The van der Waals surface area contributed by atoms with E-state index in [2.05, 4.69) is 26.1 Å². The fourth-order valence-corrected chi connectivity index (χ4v) is 3.63. The molecule has 0 radical (unpaired) electrons. The normalized spacial score (nSPS) is 18.6. The van der Waals surface area contributed by atoms with Gasteiger partial charge in [-0.2, -0.15) is 0 Å². The van der Waals surface area contributed by atoms with Crippen molar-refractivity contribution in [3.63, 3.8) is 0 Å². The molecular formula is C25H31NO3. The zero-order valence-corrected chi connectivity index (χ0v) is 17.8. The maximum Gasteiger partial charge on any atom is 0.160 e. The number of nitrogens with one attached hydrogen (secondary N) is 1. The average molecular weight is 394 g/mol. The number of methoxy groups -OCH3 is 1. The zero-order chi connectivity index (χ0) is 20.9. The van der Waals surface area contributed by atoms with Crippen LogP contribution in [0, 0.1) is 11.3 Å². The van der Waals surface area contributed by atoms with E-state index in [1.54, 1.807) is 7.11 Å². The van der Waals surface area contributed by atoms with Gasteiger partial charge in [0.05, 0.1) is 7.11 Å². The Morgan fingerprint density at radius 3 is 2.52 bits per heavy atom. The summed E-state index contributed by atoms with van der Waals surface area (Å²) >= 11 is 0. The van der Waals surface area contributed by atoms with E-state index >= 15 is 0 Å². The summed E-state index contributed by atoms with van der Waals surface area (Å²) in [7, 11) is 1.64. The van der Waals surface area contributed by atoms with Crippen molar-refractivity contribution in [3.05, 3.63) is 60.3 Å². The quantitative estimate of drug-likeness (QED) is 0.539. The third-order valence-electron chi connectivity index (χ3n) is 6.11. The first kappa shape index (κ1) is 21.0. The number of ether oxygens (including phenoxy) is 2. The Kier molecular flexibility index (Phi) is 6.63. The van der Waals surface area contributed by atoms with Crippen LogP contribution in [0.1, 0.15) is 46.5 Å². The minimum absolute atomic E-state index is 0.263. The largest absolute Gasteiger partial charge is 0.497 e. The van der Waals surface area contributed by atoms with E-state index in [-0.39, 0.29) is 11.2 Å². The lowest BCUT2D eigenvalue weighted by Crippen LogP contribution is -2.29. The summed E-state index contributed by atoms with van der Waals surface area (Å²) < 4.78 is 11.1. The molecule has 4 nitrogen and oxygen atoms in total. The van der Waals surface area contributed by atoms with Crippen LogP contribution in [0.15, 0.2) is 60.3 Å². The van der Waals surface area contributed by atoms with Gasteiger partial charge in [0.25, 0.3) is 0 Å². The number of allylic oxidation sites excluding steroid dienone is 1. The number of hydrogen-bond donors (Lipinski definition) is 1. The maximum absolute atomic E-state index is 12.3. The van der Waals surface area contributed by atoms with Gasteiger partial charge in [-0.1, -0.05) is 33.3 Å². The minimum atomic E-state index is 0.263. The molecule has 0 aromatic heterocycles. The van der Waals surface area contributed by atoms with Crippen molar-refractivity contribution in [1.82, 2.24) is 0 Å². The fourth-order valence-electron chi connectivity index (χ4n) is 3.63. The molecule has 1 aliphatic carbocycles. The molecule has 1 atom stereocenters. The van der Waals surface area contributed by atoms with Crippen LogP contribution in [0.5, 0.6) is 17.2 Å². The Morgan fingerprint density at radius 1 is 1.10 bits per heavy atom. The molecule has 0 aliphatic heterocycles. The van der Waals surface area contributed by atoms with E-state index < -0.39 is 0 Å². The Labute approximate surface area is 173 Å². The van der Waals surface area contributed by atoms with Gasteiger partial charge in [-0.25, -0.2) is 0 Å². The van der Waals surface area contributed by atoms with Gasteiger partial charge in [-0.05, 0) is 60.6 Å². The van der Waals surface area contributed by atoms with Crippen LogP contribution in [0.4, 0.5) is 5.69 Å². The van der Waals surface area contributed by atoms with E-state index in [0.29, 0.717) is 12.3 Å². The van der Waals surface area contributed by atoms with E-state index in [9.17, 15) is 4.79 Å². The van der Waals surface area contributed by atoms with Crippen molar-refractivity contribution in [2.24, 2.45) is 11.3 Å². The highest BCUT2D eigenvalue weighted by molar-refractivity contribution is 5.96. The van der Waals surface area contributed by atoms with Crippen LogP contribution in [0.3, 0.4) is 0 Å². The molecule has 0 spiro atoms. The second kappa shape index (κ2) is 9.17. The molecule has 154 valence electrons. The minimum Gasteiger partial charge on any atom is -0.497 e. The molecule has 0 amide bonds. The summed E-state index contributed by atoms with van der Waals surface area (Å²) in [6.45, 7) is 6.84. The Balaban J connectivity index is 1.63. The molecule has 4 heteroatoms. The molecule has 29 heavy (non-hydrogen) atoms. The van der Waals surface area contributed by atoms with Crippen molar-refractivity contribution < 1.29 is 14.3 Å². The number of anilines is 1. The van der Waals surface area contributed by atoms with Crippen molar-refractivity contribution in [2.45, 2.75) is 46.5 Å². The van der Waals surface area contributed by atoms with Crippen molar-refractivity contribution in [3.8, 4) is 17.2 Å². The zero-order valence-electron chi connectivity index (χ0n) is 17.8. The second-order valence-electron chi connectivity index (χ2n) is 8.32. The lowest BCUT2D eigenvalue weighted by molar-refractivity contribution is -0.117. The molecule has 1 fully saturated rings. The van der Waals surface area contributed by atoms with E-state index in [4.69, 9.17) is 9.47 Å². The smallest absolute Gasteiger partial charge is 0.160 e. The van der Waals surface area contributed by atoms with Gasteiger partial charge in [-0.3, -0.25) is 4.79 Å². The first-order chi connectivity index (χ1) is 13.9. The molecule has 2 aromatic carbocycles. The summed E-state index contributed by atoms with van der Waals surface area (Å²) in [5.41, 5.74) is 2.10. The van der Waals surface area contributed by atoms with E-state index in [1.807, 2.05) is 54.7 Å². The first-order valence-electron chi connectivity index (χ1n) is 10.3. The lowest BCUT2D eigenvalue weighted by atomic mass is 9.68. The molecule has 1 saturated carbocycles. The molecule has 0 bridgehead atoms. The van der Waals surface area contributed by atoms with Gasteiger partial charge in [0.1, 0.15) is 17.2 Å². The highest BCUT2D eigenvalue weighted by Gasteiger charge is 2.33. The molecule has 0 unspecified atom stereocenters.